The fourth-order valence-electron chi connectivity index (χ4n) is 4.53. The number of aromatic nitrogens is 3. The van der Waals surface area contributed by atoms with Gasteiger partial charge in [-0.3, -0.25) is 4.79 Å². The molecule has 6 rings (SSSR count). The first-order chi connectivity index (χ1) is 17.5. The van der Waals surface area contributed by atoms with Crippen LogP contribution in [-0.4, -0.2) is 20.4 Å². The molecule has 0 bridgehead atoms. The van der Waals surface area contributed by atoms with Gasteiger partial charge in [0.1, 0.15) is 5.58 Å². The Balaban J connectivity index is 1.56. The minimum absolute atomic E-state index is 0.268. The van der Waals surface area contributed by atoms with E-state index in [9.17, 15) is 4.79 Å². The van der Waals surface area contributed by atoms with Crippen LogP contribution in [0.25, 0.3) is 44.4 Å². The highest BCUT2D eigenvalue weighted by molar-refractivity contribution is 6.31. The topological polar surface area (TPSA) is 65.3 Å². The van der Waals surface area contributed by atoms with Crippen LogP contribution in [0.15, 0.2) is 93.3 Å². The Morgan fingerprint density at radius 2 is 1.83 bits per heavy atom. The number of nitrogens with zero attached hydrogens (tertiary/aromatic N) is 4. The highest BCUT2D eigenvalue weighted by Gasteiger charge is 2.17. The molecule has 0 N–H and O–H groups in total. The molecule has 0 fully saturated rings. The predicted molar refractivity (Wildman–Crippen MR) is 146 cm³/mol. The summed E-state index contributed by atoms with van der Waals surface area (Å²) in [6, 6.07) is 23.0. The summed E-state index contributed by atoms with van der Waals surface area (Å²) in [6.07, 6.45) is 4.82. The lowest BCUT2D eigenvalue weighted by Crippen LogP contribution is -2.20. The quantitative estimate of drug-likeness (QED) is 0.237. The van der Waals surface area contributed by atoms with Crippen molar-refractivity contribution < 1.29 is 4.42 Å². The summed E-state index contributed by atoms with van der Waals surface area (Å²) in [5.74, 6) is 0.766. The van der Waals surface area contributed by atoms with Gasteiger partial charge in [-0.15, -0.1) is 0 Å². The summed E-state index contributed by atoms with van der Waals surface area (Å²) < 4.78 is 9.64. The zero-order valence-corrected chi connectivity index (χ0v) is 20.6. The van der Waals surface area contributed by atoms with Gasteiger partial charge in [-0.25, -0.2) is 4.98 Å². The second kappa shape index (κ2) is 8.81. The Morgan fingerprint density at radius 3 is 2.67 bits per heavy atom. The normalized spacial score (nSPS) is 12.9. The summed E-state index contributed by atoms with van der Waals surface area (Å²) in [7, 11) is 0. The van der Waals surface area contributed by atoms with Crippen LogP contribution in [0.3, 0.4) is 0 Å². The van der Waals surface area contributed by atoms with Crippen LogP contribution in [0.5, 0.6) is 0 Å². The predicted octanol–water partition coefficient (Wildman–Crippen LogP) is 7.27. The van der Waals surface area contributed by atoms with Gasteiger partial charge in [-0.05, 0) is 55.8 Å². The molecular formula is C29H23ClN4O2. The van der Waals surface area contributed by atoms with E-state index in [1.165, 1.54) is 4.68 Å². The van der Waals surface area contributed by atoms with Crippen molar-refractivity contribution in [2.24, 2.45) is 5.10 Å². The highest BCUT2D eigenvalue weighted by atomic mass is 35.5. The molecule has 0 unspecified atom stereocenters. The zero-order valence-electron chi connectivity index (χ0n) is 19.9. The first kappa shape index (κ1) is 22.3. The number of hydrogen-bond acceptors (Lipinski definition) is 4. The van der Waals surface area contributed by atoms with Crippen LogP contribution in [0.4, 0.5) is 0 Å². The lowest BCUT2D eigenvalue weighted by molar-refractivity contribution is 0.548. The van der Waals surface area contributed by atoms with Crippen molar-refractivity contribution in [3.05, 3.63) is 99.9 Å². The lowest BCUT2D eigenvalue weighted by Gasteiger charge is -2.12. The first-order valence-corrected chi connectivity index (χ1v) is 12.3. The summed E-state index contributed by atoms with van der Waals surface area (Å²) in [5, 5.41) is 7.65. The van der Waals surface area contributed by atoms with Crippen molar-refractivity contribution in [1.82, 2.24) is 14.2 Å². The second-order valence-electron chi connectivity index (χ2n) is 8.87. The molecule has 0 saturated heterocycles. The summed E-state index contributed by atoms with van der Waals surface area (Å²) in [6.45, 7) is 4.36. The van der Waals surface area contributed by atoms with Crippen molar-refractivity contribution in [1.29, 1.82) is 0 Å². The van der Waals surface area contributed by atoms with E-state index >= 15 is 0 Å². The molecule has 0 aliphatic carbocycles. The maximum atomic E-state index is 13.6. The minimum Gasteiger partial charge on any atom is -0.453 e. The van der Waals surface area contributed by atoms with E-state index < -0.39 is 0 Å². The van der Waals surface area contributed by atoms with Gasteiger partial charge in [0.2, 0.25) is 5.82 Å². The van der Waals surface area contributed by atoms with Gasteiger partial charge >= 0.3 is 0 Å². The molecule has 0 radical (unpaired) electrons. The van der Waals surface area contributed by atoms with Gasteiger partial charge in [0.25, 0.3) is 5.56 Å². The monoisotopic (exact) mass is 494 g/mol. The van der Waals surface area contributed by atoms with E-state index in [0.29, 0.717) is 39.1 Å². The smallest absolute Gasteiger partial charge is 0.282 e. The van der Waals surface area contributed by atoms with E-state index in [1.807, 2.05) is 42.5 Å². The van der Waals surface area contributed by atoms with Crippen molar-refractivity contribution in [3.8, 4) is 11.6 Å². The zero-order chi connectivity index (χ0) is 24.8. The molecule has 3 heterocycles. The number of hydrogen-bond donors (Lipinski definition) is 0. The number of para-hydroxylation sites is 2. The molecule has 0 amide bonds. The molecule has 3 aromatic carbocycles. The molecule has 178 valence electrons. The van der Waals surface area contributed by atoms with Crippen LogP contribution >= 0.6 is 11.6 Å². The number of rotatable bonds is 5. The molecule has 0 aliphatic rings. The third-order valence-electron chi connectivity index (χ3n) is 6.60. The van der Waals surface area contributed by atoms with Gasteiger partial charge in [0.15, 0.2) is 5.76 Å². The van der Waals surface area contributed by atoms with Gasteiger partial charge in [-0.2, -0.15) is 9.78 Å². The third kappa shape index (κ3) is 3.71. The number of halogens is 1. The Labute approximate surface area is 212 Å². The summed E-state index contributed by atoms with van der Waals surface area (Å²) in [4.78, 5) is 18.3. The Kier molecular flexibility index (Phi) is 5.46. The van der Waals surface area contributed by atoms with Crippen LogP contribution < -0.4 is 5.56 Å². The summed E-state index contributed by atoms with van der Waals surface area (Å²) in [5.41, 5.74) is 3.02. The van der Waals surface area contributed by atoms with E-state index in [2.05, 4.69) is 41.8 Å². The molecule has 6 aromatic rings. The van der Waals surface area contributed by atoms with Crippen LogP contribution in [0.2, 0.25) is 5.02 Å². The van der Waals surface area contributed by atoms with E-state index in [-0.39, 0.29) is 5.56 Å². The number of furan rings is 1. The first-order valence-electron chi connectivity index (χ1n) is 11.9. The maximum Gasteiger partial charge on any atom is 0.282 e. The molecule has 3 aromatic heterocycles. The SMILES string of the molecule is CC[C@H](C)n1cc(C=Nn2c(-c3cc4cc(Cl)ccc4o3)nc3ccccc3c2=O)c2ccccc21. The minimum atomic E-state index is -0.268. The Hall–Kier alpha value is -4.16. The fourth-order valence-corrected chi connectivity index (χ4v) is 4.71. The van der Waals surface area contributed by atoms with Crippen molar-refractivity contribution in [3.63, 3.8) is 0 Å². The van der Waals surface area contributed by atoms with Gasteiger partial charge < -0.3 is 8.98 Å². The lowest BCUT2D eigenvalue weighted by atomic mass is 10.2. The summed E-state index contributed by atoms with van der Waals surface area (Å²) >= 11 is 6.17. The molecule has 0 spiro atoms. The second-order valence-corrected chi connectivity index (χ2v) is 9.31. The fraction of sp³-hybridized carbons (Fsp3) is 0.138. The molecule has 0 saturated carbocycles. The van der Waals surface area contributed by atoms with Crippen molar-refractivity contribution in [2.75, 3.05) is 0 Å². The average molecular weight is 495 g/mol. The molecular weight excluding hydrogens is 472 g/mol. The molecule has 36 heavy (non-hydrogen) atoms. The molecule has 1 atom stereocenters. The average Bonchev–Trinajstić information content (AvgIpc) is 3.49. The molecule has 0 aliphatic heterocycles. The van der Waals surface area contributed by atoms with E-state index in [0.717, 1.165) is 28.3 Å². The van der Waals surface area contributed by atoms with Crippen LogP contribution in [0, 0.1) is 0 Å². The van der Waals surface area contributed by atoms with E-state index in [4.69, 9.17) is 21.0 Å². The van der Waals surface area contributed by atoms with Gasteiger partial charge in [-0.1, -0.05) is 48.9 Å². The number of fused-ring (bicyclic) bond motifs is 3. The van der Waals surface area contributed by atoms with Crippen LogP contribution in [0.1, 0.15) is 31.9 Å². The van der Waals surface area contributed by atoms with Crippen molar-refractivity contribution in [2.45, 2.75) is 26.3 Å². The Bertz CT molecular complexity index is 1840. The third-order valence-corrected chi connectivity index (χ3v) is 6.84. The van der Waals surface area contributed by atoms with Crippen LogP contribution in [-0.2, 0) is 0 Å². The van der Waals surface area contributed by atoms with Crippen molar-refractivity contribution >= 4 is 50.6 Å². The molecule has 7 heteroatoms. The molecule has 6 nitrogen and oxygen atoms in total. The largest absolute Gasteiger partial charge is 0.453 e. The van der Waals surface area contributed by atoms with E-state index in [1.54, 1.807) is 24.4 Å². The number of benzene rings is 3. The highest BCUT2D eigenvalue weighted by Crippen LogP contribution is 2.29. The maximum absolute atomic E-state index is 13.6. The standard InChI is InChI=1S/C29H23ClN4O2/c1-3-18(2)33-17-20(22-8-5-7-11-25(22)33)16-31-34-28(32-24-10-6-4-9-23(24)29(34)35)27-15-19-14-21(30)12-13-26(19)36-27/h4-18H,3H2,1-2H3/t18-/m0/s1. The van der Waals surface area contributed by atoms with Gasteiger partial charge in [0.05, 0.1) is 17.1 Å². The Morgan fingerprint density at radius 1 is 1.06 bits per heavy atom. The van der Waals surface area contributed by atoms with Gasteiger partial charge in [0, 0.05) is 39.1 Å².